The van der Waals surface area contributed by atoms with Crippen LogP contribution in [0, 0.1) is 0 Å². The van der Waals surface area contributed by atoms with Crippen LogP contribution in [0.15, 0.2) is 0 Å². The molecule has 0 saturated carbocycles. The van der Waals surface area contributed by atoms with E-state index in [1.54, 1.807) is 0 Å². The van der Waals surface area contributed by atoms with Crippen molar-refractivity contribution >= 4 is 8.80 Å². The summed E-state index contributed by atoms with van der Waals surface area (Å²) in [6, 6.07) is 0. The molecule has 0 amide bonds. The van der Waals surface area contributed by atoms with Crippen LogP contribution in [0.2, 0.25) is 5.54 Å². The van der Waals surface area contributed by atoms with Crippen molar-refractivity contribution in [3.63, 3.8) is 0 Å². The summed E-state index contributed by atoms with van der Waals surface area (Å²) in [6.07, 6.45) is 8.83. The summed E-state index contributed by atoms with van der Waals surface area (Å²) in [7, 11) is -2.49. The van der Waals surface area contributed by atoms with Gasteiger partial charge in [0.2, 0.25) is 0 Å². The number of hydrogen-bond donors (Lipinski definition) is 0. The van der Waals surface area contributed by atoms with Gasteiger partial charge in [0.1, 0.15) is 0 Å². The molecule has 0 heterocycles. The molecule has 0 rings (SSSR count). The third kappa shape index (κ3) is 7.20. The van der Waals surface area contributed by atoms with Crippen molar-refractivity contribution in [1.29, 1.82) is 0 Å². The van der Waals surface area contributed by atoms with Gasteiger partial charge in [0.25, 0.3) is 0 Å². The van der Waals surface area contributed by atoms with E-state index in [0.717, 1.165) is 6.42 Å². The lowest BCUT2D eigenvalue weighted by molar-refractivity contribution is 0.0588. The highest BCUT2D eigenvalue weighted by Gasteiger charge is 2.47. The predicted molar refractivity (Wildman–Crippen MR) is 88.0 cm³/mol. The Kier molecular flexibility index (Phi) is 12.9. The van der Waals surface area contributed by atoms with Crippen LogP contribution in [0.1, 0.15) is 79.6 Å². The van der Waals surface area contributed by atoms with E-state index in [1.165, 1.54) is 38.5 Å². The van der Waals surface area contributed by atoms with E-state index in [-0.39, 0.29) is 0 Å². The first kappa shape index (κ1) is 20.1. The molecule has 0 aromatic heterocycles. The van der Waals surface area contributed by atoms with Crippen LogP contribution < -0.4 is 0 Å². The summed E-state index contributed by atoms with van der Waals surface area (Å²) in [5.74, 6) is 0. The lowest BCUT2D eigenvalue weighted by Gasteiger charge is -2.35. The van der Waals surface area contributed by atoms with Gasteiger partial charge in [0, 0.05) is 25.4 Å². The second kappa shape index (κ2) is 12.8. The van der Waals surface area contributed by atoms with Gasteiger partial charge in [-0.2, -0.15) is 0 Å². The van der Waals surface area contributed by atoms with Crippen LogP contribution in [0.5, 0.6) is 0 Å². The van der Waals surface area contributed by atoms with Crippen molar-refractivity contribution < 1.29 is 13.3 Å². The van der Waals surface area contributed by atoms with Crippen molar-refractivity contribution in [3.8, 4) is 0 Å². The number of unbranched alkanes of at least 4 members (excludes halogenated alkanes) is 4. The maximum absolute atomic E-state index is 6.04. The molecule has 0 radical (unpaired) electrons. The van der Waals surface area contributed by atoms with Gasteiger partial charge in [-0.25, -0.2) is 0 Å². The third-order valence-corrected chi connectivity index (χ3v) is 7.46. The first-order valence-corrected chi connectivity index (χ1v) is 10.4. The molecule has 0 N–H and O–H groups in total. The first-order valence-electron chi connectivity index (χ1n) is 8.62. The van der Waals surface area contributed by atoms with Crippen molar-refractivity contribution in [1.82, 2.24) is 0 Å². The summed E-state index contributed by atoms with van der Waals surface area (Å²) >= 11 is 0. The van der Waals surface area contributed by atoms with E-state index in [4.69, 9.17) is 13.3 Å². The van der Waals surface area contributed by atoms with Crippen molar-refractivity contribution in [2.24, 2.45) is 0 Å². The van der Waals surface area contributed by atoms with Crippen molar-refractivity contribution in [3.05, 3.63) is 0 Å². The van der Waals surface area contributed by atoms with E-state index in [0.29, 0.717) is 25.4 Å². The van der Waals surface area contributed by atoms with Gasteiger partial charge in [-0.15, -0.1) is 0 Å². The highest BCUT2D eigenvalue weighted by atomic mass is 28.4. The van der Waals surface area contributed by atoms with Crippen molar-refractivity contribution in [2.75, 3.05) is 19.8 Å². The van der Waals surface area contributed by atoms with Crippen LogP contribution in [-0.4, -0.2) is 28.6 Å². The topological polar surface area (TPSA) is 27.7 Å². The highest BCUT2D eigenvalue weighted by Crippen LogP contribution is 2.34. The molecule has 0 saturated heterocycles. The molecule has 0 aliphatic carbocycles. The van der Waals surface area contributed by atoms with E-state index in [2.05, 4.69) is 13.8 Å². The molecule has 4 heteroatoms. The minimum Gasteiger partial charge on any atom is -0.374 e. The molecule has 0 aromatic carbocycles. The summed E-state index contributed by atoms with van der Waals surface area (Å²) in [6.45, 7) is 12.6. The zero-order valence-corrected chi connectivity index (χ0v) is 15.4. The molecule has 20 heavy (non-hydrogen) atoms. The summed E-state index contributed by atoms with van der Waals surface area (Å²) in [4.78, 5) is 0. The Labute approximate surface area is 127 Å². The molecule has 0 bridgehead atoms. The molecular weight excluding hydrogens is 268 g/mol. The molecule has 0 aromatic rings. The molecule has 0 spiro atoms. The van der Waals surface area contributed by atoms with Gasteiger partial charge in [0.15, 0.2) is 0 Å². The average Bonchev–Trinajstić information content (AvgIpc) is 2.43. The molecule has 1 atom stereocenters. The first-order chi connectivity index (χ1) is 9.70. The Morgan fingerprint density at radius 2 is 1.20 bits per heavy atom. The quantitative estimate of drug-likeness (QED) is 0.327. The molecular formula is C16H36O3Si. The van der Waals surface area contributed by atoms with Crippen molar-refractivity contribution in [2.45, 2.75) is 85.1 Å². The Morgan fingerprint density at radius 3 is 1.60 bits per heavy atom. The molecule has 1 unspecified atom stereocenters. The SMILES string of the molecule is CCCCCCCC(CC)[Si](OCC)(OCC)OCC. The van der Waals surface area contributed by atoms with Crippen LogP contribution in [-0.2, 0) is 13.3 Å². The molecule has 0 aliphatic rings. The summed E-state index contributed by atoms with van der Waals surface area (Å²) < 4.78 is 18.1. The monoisotopic (exact) mass is 304 g/mol. The Balaban J connectivity index is 4.53. The summed E-state index contributed by atoms with van der Waals surface area (Å²) in [5, 5.41) is 0. The summed E-state index contributed by atoms with van der Waals surface area (Å²) in [5.41, 5.74) is 0.448. The van der Waals surface area contributed by atoms with Crippen LogP contribution in [0.4, 0.5) is 0 Å². The van der Waals surface area contributed by atoms with Crippen LogP contribution >= 0.6 is 0 Å². The average molecular weight is 305 g/mol. The zero-order valence-electron chi connectivity index (χ0n) is 14.4. The molecule has 3 nitrogen and oxygen atoms in total. The molecule has 0 fully saturated rings. The van der Waals surface area contributed by atoms with E-state index >= 15 is 0 Å². The minimum atomic E-state index is -2.49. The second-order valence-electron chi connectivity index (χ2n) is 5.21. The maximum Gasteiger partial charge on any atom is 0.504 e. The zero-order chi connectivity index (χ0) is 15.3. The Hall–Kier alpha value is 0.0969. The predicted octanol–water partition coefficient (Wildman–Crippen LogP) is 5.18. The van der Waals surface area contributed by atoms with Gasteiger partial charge >= 0.3 is 8.80 Å². The highest BCUT2D eigenvalue weighted by molar-refractivity contribution is 6.62. The van der Waals surface area contributed by atoms with Gasteiger partial charge in [-0.05, 0) is 33.6 Å². The van der Waals surface area contributed by atoms with Gasteiger partial charge in [-0.3, -0.25) is 0 Å². The van der Waals surface area contributed by atoms with Crippen LogP contribution in [0.3, 0.4) is 0 Å². The van der Waals surface area contributed by atoms with E-state index in [1.807, 2.05) is 20.8 Å². The fourth-order valence-corrected chi connectivity index (χ4v) is 5.93. The maximum atomic E-state index is 6.04. The van der Waals surface area contributed by atoms with Gasteiger partial charge in [0.05, 0.1) is 0 Å². The van der Waals surface area contributed by atoms with Gasteiger partial charge < -0.3 is 13.3 Å². The minimum absolute atomic E-state index is 0.448. The normalized spacial score (nSPS) is 13.7. The lowest BCUT2D eigenvalue weighted by Crippen LogP contribution is -2.50. The fourth-order valence-electron chi connectivity index (χ4n) is 2.71. The fraction of sp³-hybridized carbons (Fsp3) is 1.00. The second-order valence-corrected chi connectivity index (χ2v) is 8.10. The Bertz CT molecular complexity index is 195. The standard InChI is InChI=1S/C16H36O3Si/c1-6-11-12-13-14-15-16(7-2)20(17-8-3,18-9-4)19-10-5/h16H,6-15H2,1-5H3. The van der Waals surface area contributed by atoms with E-state index in [9.17, 15) is 0 Å². The lowest BCUT2D eigenvalue weighted by atomic mass is 10.1. The van der Waals surface area contributed by atoms with Crippen LogP contribution in [0.25, 0.3) is 0 Å². The third-order valence-electron chi connectivity index (χ3n) is 3.69. The Morgan fingerprint density at radius 1 is 0.700 bits per heavy atom. The molecule has 0 aliphatic heterocycles. The number of hydrogen-bond acceptors (Lipinski definition) is 3. The smallest absolute Gasteiger partial charge is 0.374 e. The number of rotatable bonds is 14. The molecule has 122 valence electrons. The van der Waals surface area contributed by atoms with Gasteiger partial charge in [-0.1, -0.05) is 46.0 Å². The van der Waals surface area contributed by atoms with E-state index < -0.39 is 8.80 Å². The largest absolute Gasteiger partial charge is 0.504 e.